The maximum absolute atomic E-state index is 11.6. The normalized spacial score (nSPS) is 16.3. The average Bonchev–Trinajstić information content (AvgIpc) is 3.07. The minimum absolute atomic E-state index is 0.378. The molecule has 0 radical (unpaired) electrons. The molecule has 1 fully saturated rings. The van der Waals surface area contributed by atoms with Crippen molar-refractivity contribution in [3.05, 3.63) is 71.4 Å². The van der Waals surface area contributed by atoms with Crippen molar-refractivity contribution < 1.29 is 4.79 Å². The van der Waals surface area contributed by atoms with Crippen LogP contribution in [0.4, 0.5) is 0 Å². The number of H-pyrrole nitrogens is 1. The zero-order chi connectivity index (χ0) is 17.2. The Morgan fingerprint density at radius 2 is 1.84 bits per heavy atom. The van der Waals surface area contributed by atoms with Crippen LogP contribution in [-0.2, 0) is 6.54 Å². The van der Waals surface area contributed by atoms with Gasteiger partial charge in [0.15, 0.2) is 0 Å². The first kappa shape index (κ1) is 15.9. The molecule has 128 valence electrons. The van der Waals surface area contributed by atoms with Crippen LogP contribution in [0.3, 0.4) is 0 Å². The van der Waals surface area contributed by atoms with E-state index in [9.17, 15) is 4.79 Å². The van der Waals surface area contributed by atoms with Crippen molar-refractivity contribution in [2.45, 2.75) is 25.3 Å². The lowest BCUT2D eigenvalue weighted by atomic mass is 9.93. The number of benzene rings is 2. The molecule has 4 nitrogen and oxygen atoms in total. The number of piperidine rings is 1. The van der Waals surface area contributed by atoms with Crippen LogP contribution in [0, 0.1) is 0 Å². The Kier molecular flexibility index (Phi) is 4.28. The number of likely N-dealkylation sites (tertiary alicyclic amines) is 1. The molecule has 0 saturated carbocycles. The molecule has 2 aromatic carbocycles. The molecule has 1 aliphatic rings. The second kappa shape index (κ2) is 6.73. The third-order valence-corrected chi connectivity index (χ3v) is 5.22. The van der Waals surface area contributed by atoms with Crippen LogP contribution >= 0.6 is 0 Å². The summed E-state index contributed by atoms with van der Waals surface area (Å²) in [4.78, 5) is 17.6. The summed E-state index contributed by atoms with van der Waals surface area (Å²) in [6, 6.07) is 18.5. The van der Waals surface area contributed by atoms with Crippen molar-refractivity contribution >= 4 is 16.8 Å². The van der Waals surface area contributed by atoms with E-state index in [0.29, 0.717) is 11.5 Å². The SMILES string of the molecule is NC(=O)c1cccc2cc(C3CCN(Cc4ccccc4)CC3)[nH]c12. The lowest BCUT2D eigenvalue weighted by Gasteiger charge is -2.31. The topological polar surface area (TPSA) is 62.1 Å². The van der Waals surface area contributed by atoms with Gasteiger partial charge in [-0.05, 0) is 43.6 Å². The second-order valence-electron chi connectivity index (χ2n) is 6.89. The molecule has 1 aliphatic heterocycles. The van der Waals surface area contributed by atoms with Crippen molar-refractivity contribution in [3.8, 4) is 0 Å². The molecule has 2 heterocycles. The van der Waals surface area contributed by atoms with Gasteiger partial charge in [0, 0.05) is 23.5 Å². The first-order chi connectivity index (χ1) is 12.2. The molecule has 0 atom stereocenters. The maximum Gasteiger partial charge on any atom is 0.250 e. The van der Waals surface area contributed by atoms with Gasteiger partial charge in [-0.3, -0.25) is 9.69 Å². The molecule has 0 aliphatic carbocycles. The van der Waals surface area contributed by atoms with Gasteiger partial charge in [-0.15, -0.1) is 0 Å². The van der Waals surface area contributed by atoms with E-state index in [1.165, 1.54) is 11.3 Å². The highest BCUT2D eigenvalue weighted by Crippen LogP contribution is 2.31. The van der Waals surface area contributed by atoms with Crippen LogP contribution in [0.5, 0.6) is 0 Å². The highest BCUT2D eigenvalue weighted by Gasteiger charge is 2.22. The third kappa shape index (κ3) is 3.30. The molecule has 1 saturated heterocycles. The van der Waals surface area contributed by atoms with Crippen LogP contribution in [0.2, 0.25) is 0 Å². The number of carbonyl (C=O) groups excluding carboxylic acids is 1. The predicted octanol–water partition coefficient (Wildman–Crippen LogP) is 3.65. The molecule has 0 unspecified atom stereocenters. The van der Waals surface area contributed by atoms with Gasteiger partial charge >= 0.3 is 0 Å². The number of amides is 1. The number of nitrogens with one attached hydrogen (secondary N) is 1. The van der Waals surface area contributed by atoms with Crippen LogP contribution < -0.4 is 5.73 Å². The van der Waals surface area contributed by atoms with Gasteiger partial charge in [0.2, 0.25) is 0 Å². The average molecular weight is 333 g/mol. The maximum atomic E-state index is 11.6. The van der Waals surface area contributed by atoms with Gasteiger partial charge in [-0.25, -0.2) is 0 Å². The van der Waals surface area contributed by atoms with Gasteiger partial charge in [0.05, 0.1) is 11.1 Å². The molecule has 4 heteroatoms. The minimum Gasteiger partial charge on any atom is -0.366 e. The van der Waals surface area contributed by atoms with Crippen LogP contribution in [0.1, 0.15) is 40.4 Å². The molecule has 25 heavy (non-hydrogen) atoms. The van der Waals surface area contributed by atoms with Gasteiger partial charge in [0.25, 0.3) is 5.91 Å². The Morgan fingerprint density at radius 1 is 1.08 bits per heavy atom. The van der Waals surface area contributed by atoms with Crippen molar-refractivity contribution in [2.75, 3.05) is 13.1 Å². The Balaban J connectivity index is 1.46. The lowest BCUT2D eigenvalue weighted by Crippen LogP contribution is -2.32. The van der Waals surface area contributed by atoms with E-state index >= 15 is 0 Å². The van der Waals surface area contributed by atoms with E-state index in [1.54, 1.807) is 6.07 Å². The minimum atomic E-state index is -0.378. The summed E-state index contributed by atoms with van der Waals surface area (Å²) in [5, 5.41) is 1.07. The van der Waals surface area contributed by atoms with Gasteiger partial charge < -0.3 is 10.7 Å². The molecular weight excluding hydrogens is 310 g/mol. The summed E-state index contributed by atoms with van der Waals surface area (Å²) in [6.07, 6.45) is 2.26. The molecule has 3 N–H and O–H groups in total. The first-order valence-corrected chi connectivity index (χ1v) is 8.88. The number of para-hydroxylation sites is 1. The highest BCUT2D eigenvalue weighted by atomic mass is 16.1. The van der Waals surface area contributed by atoms with E-state index < -0.39 is 0 Å². The van der Waals surface area contributed by atoms with Crippen molar-refractivity contribution in [2.24, 2.45) is 5.73 Å². The fourth-order valence-corrected chi connectivity index (χ4v) is 3.85. The Bertz CT molecular complexity index is 877. The summed E-state index contributed by atoms with van der Waals surface area (Å²) < 4.78 is 0. The van der Waals surface area contributed by atoms with E-state index in [0.717, 1.165) is 43.4 Å². The van der Waals surface area contributed by atoms with E-state index in [4.69, 9.17) is 5.73 Å². The van der Waals surface area contributed by atoms with Crippen LogP contribution in [0.15, 0.2) is 54.6 Å². The van der Waals surface area contributed by atoms with Gasteiger partial charge in [-0.1, -0.05) is 42.5 Å². The molecule has 0 spiro atoms. The van der Waals surface area contributed by atoms with Gasteiger partial charge in [0.1, 0.15) is 0 Å². The number of aromatic amines is 1. The van der Waals surface area contributed by atoms with Crippen molar-refractivity contribution in [3.63, 3.8) is 0 Å². The Morgan fingerprint density at radius 3 is 2.56 bits per heavy atom. The number of aromatic nitrogens is 1. The van der Waals surface area contributed by atoms with E-state index in [1.807, 2.05) is 12.1 Å². The first-order valence-electron chi connectivity index (χ1n) is 8.88. The number of primary amides is 1. The molecule has 3 aromatic rings. The van der Waals surface area contributed by atoms with Crippen molar-refractivity contribution in [1.82, 2.24) is 9.88 Å². The zero-order valence-electron chi connectivity index (χ0n) is 14.2. The molecule has 1 amide bonds. The standard InChI is InChI=1S/C21H23N3O/c22-21(25)18-8-4-7-17-13-19(23-20(17)18)16-9-11-24(12-10-16)14-15-5-2-1-3-6-15/h1-8,13,16,23H,9-12,14H2,(H2,22,25). The van der Waals surface area contributed by atoms with Crippen LogP contribution in [-0.4, -0.2) is 28.9 Å². The lowest BCUT2D eigenvalue weighted by molar-refractivity contribution is 0.100. The van der Waals surface area contributed by atoms with Crippen LogP contribution in [0.25, 0.3) is 10.9 Å². The monoisotopic (exact) mass is 333 g/mol. The summed E-state index contributed by atoms with van der Waals surface area (Å²) >= 11 is 0. The third-order valence-electron chi connectivity index (χ3n) is 5.22. The summed E-state index contributed by atoms with van der Waals surface area (Å²) in [5.41, 5.74) is 9.54. The number of rotatable bonds is 4. The quantitative estimate of drug-likeness (QED) is 0.765. The number of nitrogens with zero attached hydrogens (tertiary/aromatic N) is 1. The highest BCUT2D eigenvalue weighted by molar-refractivity contribution is 6.05. The van der Waals surface area contributed by atoms with Crippen molar-refractivity contribution in [1.29, 1.82) is 0 Å². The number of nitrogens with two attached hydrogens (primary N) is 1. The summed E-state index contributed by atoms with van der Waals surface area (Å²) in [6.45, 7) is 3.21. The smallest absolute Gasteiger partial charge is 0.250 e. The molecular formula is C21H23N3O. The number of hydrogen-bond donors (Lipinski definition) is 2. The fourth-order valence-electron chi connectivity index (χ4n) is 3.85. The molecule has 4 rings (SSSR count). The summed E-state index contributed by atoms with van der Waals surface area (Å²) in [7, 11) is 0. The molecule has 1 aromatic heterocycles. The predicted molar refractivity (Wildman–Crippen MR) is 101 cm³/mol. The van der Waals surface area contributed by atoms with Gasteiger partial charge in [-0.2, -0.15) is 0 Å². The number of hydrogen-bond acceptors (Lipinski definition) is 2. The fraction of sp³-hybridized carbons (Fsp3) is 0.286. The summed E-state index contributed by atoms with van der Waals surface area (Å²) in [5.74, 6) is 0.136. The molecule has 0 bridgehead atoms. The zero-order valence-corrected chi connectivity index (χ0v) is 14.2. The van der Waals surface area contributed by atoms with E-state index in [-0.39, 0.29) is 5.91 Å². The number of fused-ring (bicyclic) bond motifs is 1. The van der Waals surface area contributed by atoms with E-state index in [2.05, 4.69) is 46.3 Å². The Labute approximate surface area is 147 Å². The largest absolute Gasteiger partial charge is 0.366 e. The number of carbonyl (C=O) groups is 1. The second-order valence-corrected chi connectivity index (χ2v) is 6.89. The Hall–Kier alpha value is -2.59.